The molecule has 114 valence electrons. The average molecular weight is 292 g/mol. The van der Waals surface area contributed by atoms with Crippen LogP contribution in [0.25, 0.3) is 0 Å². The van der Waals surface area contributed by atoms with Gasteiger partial charge in [0.25, 0.3) is 0 Å². The van der Waals surface area contributed by atoms with Gasteiger partial charge in [-0.15, -0.1) is 0 Å². The number of nitrogens with zero attached hydrogens (tertiary/aromatic N) is 1. The number of carbonyl (C=O) groups excluding carboxylic acids is 2. The van der Waals surface area contributed by atoms with Gasteiger partial charge in [0, 0.05) is 6.54 Å². The summed E-state index contributed by atoms with van der Waals surface area (Å²) in [5.74, 6) is -0.676. The second-order valence-electron chi connectivity index (χ2n) is 5.75. The summed E-state index contributed by atoms with van der Waals surface area (Å²) < 4.78 is 37.2. The van der Waals surface area contributed by atoms with Crippen LogP contribution in [0.4, 0.5) is 13.2 Å². The zero-order valence-electron chi connectivity index (χ0n) is 11.6. The first-order valence-electron chi connectivity index (χ1n) is 6.89. The van der Waals surface area contributed by atoms with Crippen LogP contribution in [0.5, 0.6) is 0 Å². The highest BCUT2D eigenvalue weighted by atomic mass is 19.4. The maximum absolute atomic E-state index is 12.5. The van der Waals surface area contributed by atoms with Crippen molar-refractivity contribution in [2.24, 2.45) is 5.92 Å². The molecule has 1 aliphatic heterocycles. The van der Waals surface area contributed by atoms with E-state index in [2.05, 4.69) is 5.32 Å². The highest BCUT2D eigenvalue weighted by molar-refractivity contribution is 6.00. The molecule has 7 heteroatoms. The van der Waals surface area contributed by atoms with Crippen LogP contribution in [0.15, 0.2) is 0 Å². The first-order chi connectivity index (χ1) is 9.19. The molecule has 1 heterocycles. The fraction of sp³-hybridized carbons (Fsp3) is 0.846. The number of hydrogen-bond donors (Lipinski definition) is 1. The summed E-state index contributed by atoms with van der Waals surface area (Å²) in [5, 5.41) is 2.72. The minimum absolute atomic E-state index is 0.0464. The predicted molar refractivity (Wildman–Crippen MR) is 65.7 cm³/mol. The first kappa shape index (κ1) is 15.1. The van der Waals surface area contributed by atoms with E-state index in [1.165, 1.54) is 0 Å². The van der Waals surface area contributed by atoms with Gasteiger partial charge in [-0.05, 0) is 32.1 Å². The Labute approximate surface area is 115 Å². The Hall–Kier alpha value is -1.27. The van der Waals surface area contributed by atoms with Gasteiger partial charge >= 0.3 is 6.18 Å². The third-order valence-corrected chi connectivity index (χ3v) is 4.18. The van der Waals surface area contributed by atoms with Crippen LogP contribution in [-0.2, 0) is 9.59 Å². The summed E-state index contributed by atoms with van der Waals surface area (Å²) in [4.78, 5) is 25.7. The molecule has 20 heavy (non-hydrogen) atoms. The minimum Gasteiger partial charge on any atom is -0.340 e. The van der Waals surface area contributed by atoms with Crippen LogP contribution in [0.2, 0.25) is 0 Å². The molecule has 0 bridgehead atoms. The Balaban J connectivity index is 2.19. The molecule has 0 aromatic carbocycles. The number of hydrogen-bond acceptors (Lipinski definition) is 2. The quantitative estimate of drug-likeness (QED) is 0.859. The number of halogens is 3. The lowest BCUT2D eigenvalue weighted by Gasteiger charge is -2.44. The minimum atomic E-state index is -4.33. The molecule has 2 rings (SSSR count). The van der Waals surface area contributed by atoms with Crippen molar-refractivity contribution in [3.8, 4) is 0 Å². The number of rotatable bonds is 4. The second-order valence-corrected chi connectivity index (χ2v) is 5.75. The van der Waals surface area contributed by atoms with Crippen LogP contribution >= 0.6 is 0 Å². The normalized spacial score (nSPS) is 31.4. The van der Waals surface area contributed by atoms with E-state index in [0.29, 0.717) is 6.42 Å². The van der Waals surface area contributed by atoms with Crippen molar-refractivity contribution >= 4 is 11.8 Å². The van der Waals surface area contributed by atoms with Crippen molar-refractivity contribution in [2.45, 2.75) is 57.3 Å². The van der Waals surface area contributed by atoms with E-state index in [4.69, 9.17) is 0 Å². The summed E-state index contributed by atoms with van der Waals surface area (Å²) in [6.45, 7) is 2.87. The molecule has 0 radical (unpaired) electrons. The van der Waals surface area contributed by atoms with Crippen LogP contribution in [0.1, 0.15) is 39.5 Å². The Kier molecular flexibility index (Phi) is 3.73. The number of amides is 2. The van der Waals surface area contributed by atoms with Gasteiger partial charge in [0.2, 0.25) is 11.8 Å². The van der Waals surface area contributed by atoms with Crippen molar-refractivity contribution in [3.63, 3.8) is 0 Å². The van der Waals surface area contributed by atoms with E-state index in [1.807, 2.05) is 0 Å². The Morgan fingerprint density at radius 3 is 2.40 bits per heavy atom. The van der Waals surface area contributed by atoms with Gasteiger partial charge < -0.3 is 10.2 Å². The van der Waals surface area contributed by atoms with E-state index >= 15 is 0 Å². The first-order valence-corrected chi connectivity index (χ1v) is 6.89. The Morgan fingerprint density at radius 1 is 1.35 bits per heavy atom. The summed E-state index contributed by atoms with van der Waals surface area (Å²) >= 11 is 0. The molecule has 1 saturated carbocycles. The third kappa shape index (κ3) is 2.76. The smallest absolute Gasteiger partial charge is 0.340 e. The number of alkyl halides is 3. The zero-order chi connectivity index (χ0) is 15.1. The Bertz CT molecular complexity index is 420. The molecule has 4 nitrogen and oxygen atoms in total. The molecule has 1 saturated heterocycles. The average Bonchev–Trinajstić information content (AvgIpc) is 3.14. The molecule has 2 amide bonds. The van der Waals surface area contributed by atoms with Crippen molar-refractivity contribution in [1.29, 1.82) is 0 Å². The molecule has 2 atom stereocenters. The van der Waals surface area contributed by atoms with Gasteiger partial charge in [0.15, 0.2) is 0 Å². The fourth-order valence-corrected chi connectivity index (χ4v) is 2.82. The van der Waals surface area contributed by atoms with Crippen molar-refractivity contribution in [3.05, 3.63) is 0 Å². The van der Waals surface area contributed by atoms with Crippen LogP contribution in [-0.4, -0.2) is 41.0 Å². The molecule has 1 N–H and O–H groups in total. The fourth-order valence-electron chi connectivity index (χ4n) is 2.82. The molecular weight excluding hydrogens is 273 g/mol. The van der Waals surface area contributed by atoms with Gasteiger partial charge in [-0.1, -0.05) is 6.92 Å². The van der Waals surface area contributed by atoms with E-state index < -0.39 is 30.7 Å². The highest BCUT2D eigenvalue weighted by Crippen LogP contribution is 2.42. The SMILES string of the molecule is CCC1C(=O)NC(C)(C2CC2)C(=O)N1CCC(F)(F)F. The van der Waals surface area contributed by atoms with Crippen molar-refractivity contribution < 1.29 is 22.8 Å². The summed E-state index contributed by atoms with van der Waals surface area (Å²) in [7, 11) is 0. The van der Waals surface area contributed by atoms with Crippen LogP contribution in [0, 0.1) is 5.92 Å². The molecule has 0 aromatic rings. The van der Waals surface area contributed by atoms with E-state index in [9.17, 15) is 22.8 Å². The van der Waals surface area contributed by atoms with Gasteiger partial charge in [-0.25, -0.2) is 0 Å². The van der Waals surface area contributed by atoms with Crippen LogP contribution in [0.3, 0.4) is 0 Å². The number of carbonyl (C=O) groups is 2. The molecule has 2 unspecified atom stereocenters. The molecule has 2 aliphatic rings. The maximum Gasteiger partial charge on any atom is 0.390 e. The zero-order valence-corrected chi connectivity index (χ0v) is 11.6. The lowest BCUT2D eigenvalue weighted by Crippen LogP contribution is -2.70. The molecule has 0 aromatic heterocycles. The topological polar surface area (TPSA) is 49.4 Å². The summed E-state index contributed by atoms with van der Waals surface area (Å²) in [6.07, 6.45) is -3.44. The second kappa shape index (κ2) is 4.93. The number of piperazine rings is 1. The summed E-state index contributed by atoms with van der Waals surface area (Å²) in [5.41, 5.74) is -1.03. The van der Waals surface area contributed by atoms with E-state index in [0.717, 1.165) is 17.7 Å². The molecule has 0 spiro atoms. The monoisotopic (exact) mass is 292 g/mol. The maximum atomic E-state index is 12.5. The van der Waals surface area contributed by atoms with Gasteiger partial charge in [-0.2, -0.15) is 13.2 Å². The largest absolute Gasteiger partial charge is 0.390 e. The van der Waals surface area contributed by atoms with Crippen LogP contribution < -0.4 is 5.32 Å². The Morgan fingerprint density at radius 2 is 1.95 bits per heavy atom. The van der Waals surface area contributed by atoms with Crippen molar-refractivity contribution in [2.75, 3.05) is 6.54 Å². The molecule has 2 fully saturated rings. The van der Waals surface area contributed by atoms with Gasteiger partial charge in [-0.3, -0.25) is 9.59 Å². The van der Waals surface area contributed by atoms with Crippen molar-refractivity contribution in [1.82, 2.24) is 10.2 Å². The number of nitrogens with one attached hydrogen (secondary N) is 1. The standard InChI is InChI=1S/C13H19F3N2O2/c1-3-9-10(19)17-12(2,8-4-5-8)11(20)18(9)7-6-13(14,15)16/h8-9H,3-7H2,1-2H3,(H,17,19). The van der Waals surface area contributed by atoms with Gasteiger partial charge in [0.05, 0.1) is 6.42 Å². The lowest BCUT2D eigenvalue weighted by atomic mass is 9.88. The highest BCUT2D eigenvalue weighted by Gasteiger charge is 2.55. The summed E-state index contributed by atoms with van der Waals surface area (Å²) in [6, 6.07) is -0.795. The van der Waals surface area contributed by atoms with E-state index in [-0.39, 0.29) is 17.7 Å². The molecule has 1 aliphatic carbocycles. The predicted octanol–water partition coefficient (Wildman–Crippen LogP) is 1.84. The molecular formula is C13H19F3N2O2. The lowest BCUT2D eigenvalue weighted by molar-refractivity contribution is -0.163. The van der Waals surface area contributed by atoms with Gasteiger partial charge in [0.1, 0.15) is 11.6 Å². The van der Waals surface area contributed by atoms with E-state index in [1.54, 1.807) is 13.8 Å². The third-order valence-electron chi connectivity index (χ3n) is 4.18.